The first-order chi connectivity index (χ1) is 8.95. The van der Waals surface area contributed by atoms with Gasteiger partial charge in [0, 0.05) is 29.1 Å². The van der Waals surface area contributed by atoms with E-state index in [0.717, 1.165) is 18.1 Å². The summed E-state index contributed by atoms with van der Waals surface area (Å²) < 4.78 is 5.77. The lowest BCUT2D eigenvalue weighted by atomic mass is 9.64. The normalized spacial score (nSPS) is 26.8. The van der Waals surface area contributed by atoms with Crippen molar-refractivity contribution in [2.24, 2.45) is 5.41 Å². The molecule has 0 aromatic heterocycles. The summed E-state index contributed by atoms with van der Waals surface area (Å²) >= 11 is 6.05. The van der Waals surface area contributed by atoms with Crippen LogP contribution >= 0.6 is 11.6 Å². The Hall–Kier alpha value is -0.570. The Morgan fingerprint density at radius 1 is 1.47 bits per heavy atom. The van der Waals surface area contributed by atoms with Crippen molar-refractivity contribution in [3.63, 3.8) is 0 Å². The highest BCUT2D eigenvalue weighted by molar-refractivity contribution is 6.30. The molecule has 1 aromatic carbocycles. The third-order valence-electron chi connectivity index (χ3n) is 4.35. The van der Waals surface area contributed by atoms with Crippen molar-refractivity contribution < 1.29 is 4.74 Å². The van der Waals surface area contributed by atoms with Gasteiger partial charge >= 0.3 is 0 Å². The second-order valence-corrected chi connectivity index (χ2v) is 6.43. The van der Waals surface area contributed by atoms with E-state index in [1.807, 2.05) is 18.2 Å². The van der Waals surface area contributed by atoms with Gasteiger partial charge in [-0.25, -0.2) is 0 Å². The Morgan fingerprint density at radius 3 is 2.79 bits per heavy atom. The first kappa shape index (κ1) is 14.8. The summed E-state index contributed by atoms with van der Waals surface area (Å²) in [6.07, 6.45) is 1.47. The quantitative estimate of drug-likeness (QED) is 0.874. The lowest BCUT2D eigenvalue weighted by molar-refractivity contribution is -0.116. The van der Waals surface area contributed by atoms with Crippen LogP contribution in [0.5, 0.6) is 0 Å². The summed E-state index contributed by atoms with van der Waals surface area (Å²) in [5.74, 6) is 0. The molecule has 1 saturated carbocycles. The molecule has 2 rings (SSSR count). The Labute approximate surface area is 121 Å². The molecule has 0 heterocycles. The number of halogens is 1. The van der Waals surface area contributed by atoms with Crippen molar-refractivity contribution in [1.29, 1.82) is 0 Å². The largest absolute Gasteiger partial charge is 0.378 e. The number of benzene rings is 1. The molecule has 19 heavy (non-hydrogen) atoms. The van der Waals surface area contributed by atoms with Crippen molar-refractivity contribution in [2.75, 3.05) is 6.61 Å². The summed E-state index contributed by atoms with van der Waals surface area (Å²) in [4.78, 5) is 0. The van der Waals surface area contributed by atoms with Crippen LogP contribution in [-0.2, 0) is 4.74 Å². The fraction of sp³-hybridized carbons (Fsp3) is 0.625. The maximum absolute atomic E-state index is 6.05. The second-order valence-electron chi connectivity index (χ2n) is 6.00. The molecule has 1 aliphatic rings. The van der Waals surface area contributed by atoms with E-state index >= 15 is 0 Å². The van der Waals surface area contributed by atoms with E-state index < -0.39 is 0 Å². The molecule has 2 unspecified atom stereocenters. The predicted molar refractivity (Wildman–Crippen MR) is 80.6 cm³/mol. The predicted octanol–water partition coefficient (Wildman–Crippen LogP) is 4.19. The third kappa shape index (κ3) is 3.13. The number of rotatable bonds is 5. The zero-order valence-electron chi connectivity index (χ0n) is 12.2. The summed E-state index contributed by atoms with van der Waals surface area (Å²) in [6, 6.07) is 8.88. The topological polar surface area (TPSA) is 21.3 Å². The summed E-state index contributed by atoms with van der Waals surface area (Å²) in [6.45, 7) is 9.60. The molecule has 1 fully saturated rings. The van der Waals surface area contributed by atoms with Crippen LogP contribution in [0.2, 0.25) is 5.02 Å². The zero-order chi connectivity index (χ0) is 14.0. The van der Waals surface area contributed by atoms with Crippen LogP contribution in [0.4, 0.5) is 0 Å². The van der Waals surface area contributed by atoms with Gasteiger partial charge in [0.05, 0.1) is 6.10 Å². The van der Waals surface area contributed by atoms with Crippen molar-refractivity contribution in [3.05, 3.63) is 34.9 Å². The Bertz CT molecular complexity index is 433. The molecule has 1 aliphatic carbocycles. The molecule has 0 saturated heterocycles. The second kappa shape index (κ2) is 5.82. The lowest BCUT2D eigenvalue weighted by Crippen LogP contribution is -2.61. The molecule has 0 bridgehead atoms. The number of hydrogen-bond acceptors (Lipinski definition) is 2. The average Bonchev–Trinajstić information content (AvgIpc) is 2.37. The zero-order valence-corrected chi connectivity index (χ0v) is 13.0. The minimum atomic E-state index is 0.197. The summed E-state index contributed by atoms with van der Waals surface area (Å²) in [5, 5.41) is 4.50. The molecule has 0 spiro atoms. The van der Waals surface area contributed by atoms with E-state index in [4.69, 9.17) is 16.3 Å². The Kier molecular flexibility index (Phi) is 4.54. The Balaban J connectivity index is 1.96. The Morgan fingerprint density at radius 2 is 2.21 bits per heavy atom. The van der Waals surface area contributed by atoms with E-state index in [9.17, 15) is 0 Å². The van der Waals surface area contributed by atoms with Gasteiger partial charge in [0.15, 0.2) is 0 Å². The maximum Gasteiger partial charge on any atom is 0.0655 e. The van der Waals surface area contributed by atoms with Crippen LogP contribution in [0.3, 0.4) is 0 Å². The first-order valence-electron chi connectivity index (χ1n) is 7.08. The number of nitrogens with one attached hydrogen (secondary N) is 1. The van der Waals surface area contributed by atoms with E-state index in [1.54, 1.807) is 0 Å². The van der Waals surface area contributed by atoms with Crippen LogP contribution in [0.1, 0.15) is 45.7 Å². The maximum atomic E-state index is 6.05. The highest BCUT2D eigenvalue weighted by Gasteiger charge is 2.49. The number of hydrogen-bond donors (Lipinski definition) is 1. The average molecular weight is 282 g/mol. The molecule has 1 N–H and O–H groups in total. The molecular weight excluding hydrogens is 258 g/mol. The van der Waals surface area contributed by atoms with Gasteiger partial charge < -0.3 is 10.1 Å². The fourth-order valence-electron chi connectivity index (χ4n) is 2.83. The summed E-state index contributed by atoms with van der Waals surface area (Å²) in [5.41, 5.74) is 1.44. The molecule has 1 aromatic rings. The van der Waals surface area contributed by atoms with Crippen molar-refractivity contribution in [1.82, 2.24) is 5.32 Å². The van der Waals surface area contributed by atoms with Crippen LogP contribution < -0.4 is 5.32 Å². The third-order valence-corrected chi connectivity index (χ3v) is 4.58. The fourth-order valence-corrected chi connectivity index (χ4v) is 3.02. The van der Waals surface area contributed by atoms with Gasteiger partial charge in [-0.05, 0) is 38.0 Å². The minimum Gasteiger partial charge on any atom is -0.378 e. The molecule has 0 aliphatic heterocycles. The van der Waals surface area contributed by atoms with Gasteiger partial charge in [0.25, 0.3) is 0 Å². The van der Waals surface area contributed by atoms with Crippen LogP contribution in [0, 0.1) is 5.41 Å². The SMILES string of the molecule is CCOC1CC(N[C@@H](C)c2cccc(Cl)c2)C1(C)C. The van der Waals surface area contributed by atoms with E-state index in [-0.39, 0.29) is 5.41 Å². The smallest absolute Gasteiger partial charge is 0.0655 e. The molecule has 0 radical (unpaired) electrons. The van der Waals surface area contributed by atoms with Gasteiger partial charge in [0.1, 0.15) is 0 Å². The van der Waals surface area contributed by atoms with Crippen molar-refractivity contribution in [3.8, 4) is 0 Å². The highest BCUT2D eigenvalue weighted by Crippen LogP contribution is 2.43. The molecule has 3 atom stereocenters. The number of ether oxygens (including phenoxy) is 1. The molecular formula is C16H24ClNO. The standard InChI is InChI=1S/C16H24ClNO/c1-5-19-15-10-14(16(15,3)4)18-11(2)12-7-6-8-13(17)9-12/h6-9,11,14-15,18H,5,10H2,1-4H3/t11-,14?,15?/m0/s1. The van der Waals surface area contributed by atoms with Gasteiger partial charge in [-0.1, -0.05) is 37.6 Å². The lowest BCUT2D eigenvalue weighted by Gasteiger charge is -2.52. The molecule has 2 nitrogen and oxygen atoms in total. The van der Waals surface area contributed by atoms with Crippen LogP contribution in [-0.4, -0.2) is 18.8 Å². The van der Waals surface area contributed by atoms with E-state index in [2.05, 4.69) is 39.1 Å². The first-order valence-corrected chi connectivity index (χ1v) is 7.46. The highest BCUT2D eigenvalue weighted by atomic mass is 35.5. The van der Waals surface area contributed by atoms with Crippen molar-refractivity contribution >= 4 is 11.6 Å². The minimum absolute atomic E-state index is 0.197. The van der Waals surface area contributed by atoms with Crippen molar-refractivity contribution in [2.45, 2.75) is 52.3 Å². The van der Waals surface area contributed by atoms with Crippen LogP contribution in [0.25, 0.3) is 0 Å². The molecule has 0 amide bonds. The monoisotopic (exact) mass is 281 g/mol. The van der Waals surface area contributed by atoms with E-state index in [0.29, 0.717) is 18.2 Å². The summed E-state index contributed by atoms with van der Waals surface area (Å²) in [7, 11) is 0. The van der Waals surface area contributed by atoms with Gasteiger partial charge in [-0.2, -0.15) is 0 Å². The molecule has 3 heteroatoms. The van der Waals surface area contributed by atoms with Crippen LogP contribution in [0.15, 0.2) is 24.3 Å². The van der Waals surface area contributed by atoms with Gasteiger partial charge in [-0.3, -0.25) is 0 Å². The molecule has 106 valence electrons. The van der Waals surface area contributed by atoms with Gasteiger partial charge in [0.2, 0.25) is 0 Å². The van der Waals surface area contributed by atoms with E-state index in [1.165, 1.54) is 5.56 Å². The van der Waals surface area contributed by atoms with Gasteiger partial charge in [-0.15, -0.1) is 0 Å².